The molecule has 2 aromatic rings. The molecule has 6 nitrogen and oxygen atoms in total. The average molecular weight is 221 g/mol. The molecule has 2 aromatic heterocycles. The van der Waals surface area contributed by atoms with Crippen LogP contribution in [0.4, 0.5) is 0 Å². The Hall–Kier alpha value is -1.66. The molecule has 0 aliphatic carbocycles. The zero-order chi connectivity index (χ0) is 11.5. The van der Waals surface area contributed by atoms with Gasteiger partial charge in [-0.05, 0) is 13.0 Å². The van der Waals surface area contributed by atoms with E-state index in [0.717, 1.165) is 17.1 Å². The highest BCUT2D eigenvalue weighted by Crippen LogP contribution is 2.18. The van der Waals surface area contributed by atoms with Crippen LogP contribution >= 0.6 is 0 Å². The van der Waals surface area contributed by atoms with Crippen LogP contribution in [-0.4, -0.2) is 14.8 Å². The smallest absolute Gasteiger partial charge is 0.138 e. The highest BCUT2D eigenvalue weighted by Gasteiger charge is 2.15. The molecular formula is C10H15N5O. The van der Waals surface area contributed by atoms with Crippen LogP contribution in [-0.2, 0) is 13.5 Å². The number of aryl methyl sites for hydroxylation is 2. The van der Waals surface area contributed by atoms with Crippen LogP contribution in [0.15, 0.2) is 23.1 Å². The number of hydrazine groups is 1. The second-order valence-electron chi connectivity index (χ2n) is 3.71. The first-order valence-corrected chi connectivity index (χ1v) is 5.04. The summed E-state index contributed by atoms with van der Waals surface area (Å²) in [5, 5.41) is 4.02. The van der Waals surface area contributed by atoms with Gasteiger partial charge in [-0.15, -0.1) is 0 Å². The molecule has 0 amide bonds. The van der Waals surface area contributed by atoms with Crippen LogP contribution in [0.2, 0.25) is 0 Å². The molecule has 2 heterocycles. The van der Waals surface area contributed by atoms with E-state index < -0.39 is 0 Å². The zero-order valence-electron chi connectivity index (χ0n) is 9.34. The predicted octanol–water partition coefficient (Wildman–Crippen LogP) is 0.464. The molecule has 86 valence electrons. The van der Waals surface area contributed by atoms with Crippen LogP contribution in [0, 0.1) is 6.92 Å². The van der Waals surface area contributed by atoms with Gasteiger partial charge < -0.3 is 4.42 Å². The molecule has 0 bridgehead atoms. The molecule has 0 saturated heterocycles. The fourth-order valence-corrected chi connectivity index (χ4v) is 1.61. The number of nitrogens with one attached hydrogen (secondary N) is 1. The van der Waals surface area contributed by atoms with Crippen LogP contribution in [0.5, 0.6) is 0 Å². The highest BCUT2D eigenvalue weighted by molar-refractivity contribution is 5.17. The molecule has 1 unspecified atom stereocenters. The third-order valence-corrected chi connectivity index (χ3v) is 2.55. The van der Waals surface area contributed by atoms with Crippen molar-refractivity contribution in [1.82, 2.24) is 20.2 Å². The van der Waals surface area contributed by atoms with E-state index in [1.165, 1.54) is 6.33 Å². The maximum Gasteiger partial charge on any atom is 0.138 e. The summed E-state index contributed by atoms with van der Waals surface area (Å²) < 4.78 is 6.99. The van der Waals surface area contributed by atoms with Crippen LogP contribution < -0.4 is 11.3 Å². The molecule has 16 heavy (non-hydrogen) atoms. The van der Waals surface area contributed by atoms with E-state index in [-0.39, 0.29) is 6.04 Å². The lowest BCUT2D eigenvalue weighted by Gasteiger charge is -2.12. The van der Waals surface area contributed by atoms with Crippen molar-refractivity contribution in [3.05, 3.63) is 35.8 Å². The Kier molecular flexibility index (Phi) is 3.02. The van der Waals surface area contributed by atoms with Crippen molar-refractivity contribution in [1.29, 1.82) is 0 Å². The lowest BCUT2D eigenvalue weighted by Crippen LogP contribution is -2.30. The number of nitrogens with two attached hydrogens (primary N) is 1. The lowest BCUT2D eigenvalue weighted by molar-refractivity contribution is 0.500. The normalized spacial score (nSPS) is 12.9. The SMILES string of the molecule is Cc1cc(C(Cc2ncnn2C)NN)co1. The summed E-state index contributed by atoms with van der Waals surface area (Å²) in [5.41, 5.74) is 3.77. The van der Waals surface area contributed by atoms with Crippen molar-refractivity contribution < 1.29 is 4.42 Å². The average Bonchev–Trinajstić information content (AvgIpc) is 2.85. The van der Waals surface area contributed by atoms with Crippen molar-refractivity contribution in [2.45, 2.75) is 19.4 Å². The first-order chi connectivity index (χ1) is 7.70. The van der Waals surface area contributed by atoms with Gasteiger partial charge in [0.1, 0.15) is 17.9 Å². The number of hydrogen-bond donors (Lipinski definition) is 2. The quantitative estimate of drug-likeness (QED) is 0.579. The van der Waals surface area contributed by atoms with Crippen molar-refractivity contribution >= 4 is 0 Å². The standard InChI is InChI=1S/C10H15N5O/c1-7-3-8(5-16-7)9(14-11)4-10-12-6-13-15(10)2/h3,5-6,9,14H,4,11H2,1-2H3. The molecule has 0 spiro atoms. The number of nitrogens with zero attached hydrogens (tertiary/aromatic N) is 3. The Morgan fingerprint density at radius 2 is 2.44 bits per heavy atom. The van der Waals surface area contributed by atoms with Crippen molar-refractivity contribution in [3.63, 3.8) is 0 Å². The largest absolute Gasteiger partial charge is 0.469 e. The maximum atomic E-state index is 5.53. The Morgan fingerprint density at radius 1 is 1.62 bits per heavy atom. The van der Waals surface area contributed by atoms with Gasteiger partial charge in [-0.1, -0.05) is 0 Å². The molecule has 0 aromatic carbocycles. The van der Waals surface area contributed by atoms with Gasteiger partial charge in [-0.3, -0.25) is 16.0 Å². The molecule has 2 rings (SSSR count). The summed E-state index contributed by atoms with van der Waals surface area (Å²) in [4.78, 5) is 4.16. The molecule has 0 fully saturated rings. The molecule has 0 radical (unpaired) electrons. The molecule has 1 atom stereocenters. The van der Waals surface area contributed by atoms with E-state index in [0.29, 0.717) is 6.42 Å². The second-order valence-corrected chi connectivity index (χ2v) is 3.71. The van der Waals surface area contributed by atoms with Crippen LogP contribution in [0.25, 0.3) is 0 Å². The van der Waals surface area contributed by atoms with Gasteiger partial charge in [0, 0.05) is 19.0 Å². The minimum atomic E-state index is -0.0136. The number of hydrogen-bond acceptors (Lipinski definition) is 5. The van der Waals surface area contributed by atoms with Crippen molar-refractivity contribution in [2.75, 3.05) is 0 Å². The molecule has 0 aliphatic heterocycles. The summed E-state index contributed by atoms with van der Waals surface area (Å²) in [6, 6.07) is 1.95. The summed E-state index contributed by atoms with van der Waals surface area (Å²) >= 11 is 0. The molecule has 0 saturated carbocycles. The summed E-state index contributed by atoms with van der Waals surface area (Å²) in [7, 11) is 1.86. The summed E-state index contributed by atoms with van der Waals surface area (Å²) in [6.07, 6.45) is 3.91. The number of aromatic nitrogens is 3. The van der Waals surface area contributed by atoms with Gasteiger partial charge >= 0.3 is 0 Å². The minimum absolute atomic E-state index is 0.0136. The Bertz CT molecular complexity index is 461. The fourth-order valence-electron chi connectivity index (χ4n) is 1.61. The van der Waals surface area contributed by atoms with E-state index in [4.69, 9.17) is 10.3 Å². The van der Waals surface area contributed by atoms with Gasteiger partial charge in [-0.25, -0.2) is 4.98 Å². The van der Waals surface area contributed by atoms with Crippen LogP contribution in [0.3, 0.4) is 0 Å². The Labute approximate surface area is 93.4 Å². The van der Waals surface area contributed by atoms with Gasteiger partial charge in [0.05, 0.1) is 12.3 Å². The van der Waals surface area contributed by atoms with Gasteiger partial charge in [-0.2, -0.15) is 5.10 Å². The fraction of sp³-hybridized carbons (Fsp3) is 0.400. The third-order valence-electron chi connectivity index (χ3n) is 2.55. The van der Waals surface area contributed by atoms with E-state index in [1.54, 1.807) is 10.9 Å². The minimum Gasteiger partial charge on any atom is -0.469 e. The Balaban J connectivity index is 2.15. The molecule has 3 N–H and O–H groups in total. The van der Waals surface area contributed by atoms with Crippen molar-refractivity contribution in [3.8, 4) is 0 Å². The molecule has 6 heteroatoms. The predicted molar refractivity (Wildman–Crippen MR) is 58.2 cm³/mol. The third kappa shape index (κ3) is 2.12. The van der Waals surface area contributed by atoms with Gasteiger partial charge in [0.2, 0.25) is 0 Å². The molecule has 0 aliphatic rings. The van der Waals surface area contributed by atoms with Gasteiger partial charge in [0.15, 0.2) is 0 Å². The Morgan fingerprint density at radius 3 is 2.94 bits per heavy atom. The van der Waals surface area contributed by atoms with Crippen molar-refractivity contribution in [2.24, 2.45) is 12.9 Å². The number of furan rings is 1. The second kappa shape index (κ2) is 4.46. The highest BCUT2D eigenvalue weighted by atomic mass is 16.3. The lowest BCUT2D eigenvalue weighted by atomic mass is 10.1. The zero-order valence-corrected chi connectivity index (χ0v) is 9.34. The summed E-state index contributed by atoms with van der Waals surface area (Å²) in [5.74, 6) is 7.28. The van der Waals surface area contributed by atoms with E-state index >= 15 is 0 Å². The van der Waals surface area contributed by atoms with E-state index in [1.807, 2.05) is 20.0 Å². The first kappa shape index (κ1) is 10.8. The first-order valence-electron chi connectivity index (χ1n) is 5.04. The van der Waals surface area contributed by atoms with E-state index in [9.17, 15) is 0 Å². The monoisotopic (exact) mass is 221 g/mol. The van der Waals surface area contributed by atoms with E-state index in [2.05, 4.69) is 15.5 Å². The van der Waals surface area contributed by atoms with Gasteiger partial charge in [0.25, 0.3) is 0 Å². The number of rotatable bonds is 4. The van der Waals surface area contributed by atoms with Crippen LogP contribution in [0.1, 0.15) is 23.2 Å². The molecular weight excluding hydrogens is 206 g/mol. The summed E-state index contributed by atoms with van der Waals surface area (Å²) in [6.45, 7) is 1.90. The maximum absolute atomic E-state index is 5.53. The topological polar surface area (TPSA) is 81.9 Å².